The molecule has 1 N–H and O–H groups in total. The van der Waals surface area contributed by atoms with Gasteiger partial charge in [-0.3, -0.25) is 0 Å². The lowest BCUT2D eigenvalue weighted by Gasteiger charge is -2.29. The summed E-state index contributed by atoms with van der Waals surface area (Å²) >= 11 is 7.94. The fourth-order valence-electron chi connectivity index (χ4n) is 2.02. The summed E-state index contributed by atoms with van der Waals surface area (Å²) in [5, 5.41) is 9.27. The van der Waals surface area contributed by atoms with Gasteiger partial charge in [0.15, 0.2) is 0 Å². The van der Waals surface area contributed by atoms with Gasteiger partial charge in [-0.1, -0.05) is 34.2 Å². The van der Waals surface area contributed by atoms with Crippen molar-refractivity contribution >= 4 is 46.2 Å². The van der Waals surface area contributed by atoms with Crippen LogP contribution < -0.4 is 4.74 Å². The lowest BCUT2D eigenvalue weighted by Crippen LogP contribution is -2.40. The average Bonchev–Trinajstić information content (AvgIpc) is 2.34. The van der Waals surface area contributed by atoms with Crippen LogP contribution in [0.1, 0.15) is 22.0 Å². The summed E-state index contributed by atoms with van der Waals surface area (Å²) in [4.78, 5) is 11.0. The first-order valence-corrected chi connectivity index (χ1v) is 7.39. The summed E-state index contributed by atoms with van der Waals surface area (Å²) in [6.07, 6.45) is -6.33. The van der Waals surface area contributed by atoms with E-state index < -0.39 is 23.8 Å². The molecular formula is C13H9ClF3IO3. The number of aliphatic carboxylic acids is 1. The number of halogens is 5. The van der Waals surface area contributed by atoms with E-state index in [0.717, 1.165) is 6.08 Å². The second-order valence-electron chi connectivity index (χ2n) is 4.47. The van der Waals surface area contributed by atoms with Crippen LogP contribution >= 0.6 is 34.2 Å². The van der Waals surface area contributed by atoms with E-state index in [2.05, 4.69) is 0 Å². The molecule has 0 radical (unpaired) electrons. The Balaban J connectivity index is 2.66. The predicted molar refractivity (Wildman–Crippen MR) is 80.0 cm³/mol. The molecule has 0 fully saturated rings. The molecule has 1 aliphatic heterocycles. The fraction of sp³-hybridized carbons (Fsp3) is 0.308. The SMILES string of the molecule is CC(I)c1cc(Cl)cc2c1OC(C(F)(F)F)C(C(=O)O)=C2. The summed E-state index contributed by atoms with van der Waals surface area (Å²) in [6.45, 7) is 1.77. The molecule has 8 heteroatoms. The predicted octanol–water partition coefficient (Wildman–Crippen LogP) is 4.63. The second kappa shape index (κ2) is 5.68. The quantitative estimate of drug-likeness (QED) is 0.548. The van der Waals surface area contributed by atoms with Crippen LogP contribution in [0.3, 0.4) is 0 Å². The van der Waals surface area contributed by atoms with Crippen molar-refractivity contribution in [2.24, 2.45) is 0 Å². The Morgan fingerprint density at radius 3 is 2.57 bits per heavy atom. The van der Waals surface area contributed by atoms with E-state index >= 15 is 0 Å². The fourth-order valence-corrected chi connectivity index (χ4v) is 2.71. The molecule has 1 heterocycles. The molecule has 0 aliphatic carbocycles. The highest BCUT2D eigenvalue weighted by Crippen LogP contribution is 2.43. The van der Waals surface area contributed by atoms with Gasteiger partial charge >= 0.3 is 12.1 Å². The molecule has 0 aromatic heterocycles. The van der Waals surface area contributed by atoms with E-state index in [1.165, 1.54) is 12.1 Å². The van der Waals surface area contributed by atoms with Gasteiger partial charge in [0.2, 0.25) is 6.10 Å². The minimum atomic E-state index is -4.81. The molecule has 1 aliphatic rings. The number of carboxylic acids is 1. The summed E-state index contributed by atoms with van der Waals surface area (Å²) in [5.74, 6) is -1.65. The number of fused-ring (bicyclic) bond motifs is 1. The number of hydrogen-bond donors (Lipinski definition) is 1. The molecule has 1 aromatic carbocycles. The van der Waals surface area contributed by atoms with Crippen LogP contribution in [-0.4, -0.2) is 23.4 Å². The molecule has 0 saturated heterocycles. The monoisotopic (exact) mass is 432 g/mol. The van der Waals surface area contributed by atoms with Gasteiger partial charge in [0.1, 0.15) is 5.75 Å². The van der Waals surface area contributed by atoms with Crippen LogP contribution in [0.15, 0.2) is 17.7 Å². The van der Waals surface area contributed by atoms with Crippen molar-refractivity contribution in [3.63, 3.8) is 0 Å². The molecule has 3 nitrogen and oxygen atoms in total. The Morgan fingerprint density at radius 2 is 2.10 bits per heavy atom. The maximum absolute atomic E-state index is 13.0. The number of rotatable bonds is 2. The third-order valence-electron chi connectivity index (χ3n) is 2.91. The molecule has 1 aromatic rings. The summed E-state index contributed by atoms with van der Waals surface area (Å²) in [5.41, 5.74) is -0.128. The van der Waals surface area contributed by atoms with Crippen molar-refractivity contribution in [2.75, 3.05) is 0 Å². The van der Waals surface area contributed by atoms with E-state index in [9.17, 15) is 18.0 Å². The molecule has 0 amide bonds. The van der Waals surface area contributed by atoms with E-state index in [4.69, 9.17) is 21.4 Å². The van der Waals surface area contributed by atoms with Gasteiger partial charge in [0, 0.05) is 20.1 Å². The van der Waals surface area contributed by atoms with Crippen LogP contribution in [-0.2, 0) is 4.79 Å². The van der Waals surface area contributed by atoms with Gasteiger partial charge in [0.05, 0.1) is 5.57 Å². The molecular weight excluding hydrogens is 423 g/mol. The van der Waals surface area contributed by atoms with Gasteiger partial charge in [-0.25, -0.2) is 4.79 Å². The Hall–Kier alpha value is -0.960. The molecule has 0 spiro atoms. The first kappa shape index (κ1) is 16.4. The number of alkyl halides is 4. The molecule has 2 rings (SSSR count). The number of ether oxygens (including phenoxy) is 1. The Kier molecular flexibility index (Phi) is 4.44. The van der Waals surface area contributed by atoms with Gasteiger partial charge in [-0.05, 0) is 25.1 Å². The molecule has 114 valence electrons. The molecule has 21 heavy (non-hydrogen) atoms. The normalized spacial score (nSPS) is 19.3. The van der Waals surface area contributed by atoms with Crippen LogP contribution in [0, 0.1) is 0 Å². The van der Waals surface area contributed by atoms with Crippen molar-refractivity contribution in [2.45, 2.75) is 23.1 Å². The number of carboxylic acid groups (broad SMARTS) is 1. The zero-order valence-electron chi connectivity index (χ0n) is 10.5. The highest BCUT2D eigenvalue weighted by atomic mass is 127. The van der Waals surface area contributed by atoms with E-state index in [-0.39, 0.29) is 15.2 Å². The summed E-state index contributed by atoms with van der Waals surface area (Å²) in [7, 11) is 0. The number of benzene rings is 1. The summed E-state index contributed by atoms with van der Waals surface area (Å²) in [6, 6.07) is 2.90. The van der Waals surface area contributed by atoms with Crippen LogP contribution in [0.5, 0.6) is 5.75 Å². The van der Waals surface area contributed by atoms with E-state index in [1.54, 1.807) is 6.92 Å². The molecule has 2 atom stereocenters. The van der Waals surface area contributed by atoms with Crippen molar-refractivity contribution in [1.82, 2.24) is 0 Å². The zero-order valence-corrected chi connectivity index (χ0v) is 13.5. The third kappa shape index (κ3) is 3.28. The summed E-state index contributed by atoms with van der Waals surface area (Å²) < 4.78 is 43.8. The lowest BCUT2D eigenvalue weighted by atomic mass is 9.98. The molecule has 2 unspecified atom stereocenters. The Morgan fingerprint density at radius 1 is 1.48 bits per heavy atom. The highest BCUT2D eigenvalue weighted by molar-refractivity contribution is 14.1. The largest absolute Gasteiger partial charge is 0.478 e. The van der Waals surface area contributed by atoms with Gasteiger partial charge < -0.3 is 9.84 Å². The maximum Gasteiger partial charge on any atom is 0.430 e. The first-order chi connectivity index (χ1) is 9.61. The highest BCUT2D eigenvalue weighted by Gasteiger charge is 2.48. The molecule has 0 bridgehead atoms. The topological polar surface area (TPSA) is 46.5 Å². The van der Waals surface area contributed by atoms with Crippen LogP contribution in [0.25, 0.3) is 6.08 Å². The van der Waals surface area contributed by atoms with Gasteiger partial charge in [-0.15, -0.1) is 0 Å². The van der Waals surface area contributed by atoms with Crippen LogP contribution in [0.2, 0.25) is 5.02 Å². The van der Waals surface area contributed by atoms with Crippen molar-refractivity contribution in [3.05, 3.63) is 33.9 Å². The Bertz CT molecular complexity index is 626. The minimum Gasteiger partial charge on any atom is -0.478 e. The van der Waals surface area contributed by atoms with Crippen molar-refractivity contribution < 1.29 is 27.8 Å². The van der Waals surface area contributed by atoms with Gasteiger partial charge in [0.25, 0.3) is 0 Å². The molecule has 0 saturated carbocycles. The van der Waals surface area contributed by atoms with Crippen LogP contribution in [0.4, 0.5) is 13.2 Å². The number of hydrogen-bond acceptors (Lipinski definition) is 2. The standard InChI is InChI=1S/C13H9ClF3IO3/c1-5(18)8-4-7(14)2-6-3-9(12(19)20)11(13(15,16)17)21-10(6)8/h2-5,11H,1H3,(H,19,20). The van der Waals surface area contributed by atoms with E-state index in [0.29, 0.717) is 10.6 Å². The lowest BCUT2D eigenvalue weighted by molar-refractivity contribution is -0.187. The minimum absolute atomic E-state index is 0.0219. The first-order valence-electron chi connectivity index (χ1n) is 5.77. The maximum atomic E-state index is 13.0. The average molecular weight is 433 g/mol. The third-order valence-corrected chi connectivity index (χ3v) is 3.80. The zero-order chi connectivity index (χ0) is 15.9. The smallest absolute Gasteiger partial charge is 0.430 e. The van der Waals surface area contributed by atoms with E-state index in [1.807, 2.05) is 22.6 Å². The van der Waals surface area contributed by atoms with Crippen molar-refractivity contribution in [1.29, 1.82) is 0 Å². The number of carbonyl (C=O) groups is 1. The van der Waals surface area contributed by atoms with Gasteiger partial charge in [-0.2, -0.15) is 13.2 Å². The second-order valence-corrected chi connectivity index (χ2v) is 6.78. The van der Waals surface area contributed by atoms with Crippen molar-refractivity contribution in [3.8, 4) is 5.75 Å². The Labute approximate surface area is 136 Å².